The number of aromatic nitrogens is 3. The number of benzene rings is 1. The molecule has 0 N–H and O–H groups in total. The van der Waals surface area contributed by atoms with E-state index in [0.29, 0.717) is 30.5 Å². The number of para-hydroxylation sites is 1. The van der Waals surface area contributed by atoms with Gasteiger partial charge in [0.05, 0.1) is 13.2 Å². The van der Waals surface area contributed by atoms with Crippen LogP contribution in [-0.4, -0.2) is 52.7 Å². The average Bonchev–Trinajstić information content (AvgIpc) is 3.21. The summed E-state index contributed by atoms with van der Waals surface area (Å²) in [6, 6.07) is 13.5. The van der Waals surface area contributed by atoms with Crippen molar-refractivity contribution < 1.29 is 9.47 Å². The summed E-state index contributed by atoms with van der Waals surface area (Å²) in [6.45, 7) is 1.10. The zero-order chi connectivity index (χ0) is 18.9. The molecule has 0 fully saturated rings. The quantitative estimate of drug-likeness (QED) is 0.266. The molecule has 0 atom stereocenters. The molecular weight excluding hydrogens is 342 g/mol. The van der Waals surface area contributed by atoms with Gasteiger partial charge in [-0.25, -0.2) is 9.97 Å². The standard InChI is InChI=1S/C20H23N5O2/c1-24(2)23-20(25-13-12-21-16-25)19-18(10-6-11-22-19)27-15-7-14-26-17-8-4-3-5-9-17/h3-6,8-13,16H,7,14-15H2,1-2H3. The lowest BCUT2D eigenvalue weighted by Crippen LogP contribution is -2.19. The first-order valence-corrected chi connectivity index (χ1v) is 8.74. The summed E-state index contributed by atoms with van der Waals surface area (Å²) in [5.41, 5.74) is 0.660. The van der Waals surface area contributed by atoms with Crippen molar-refractivity contribution in [2.75, 3.05) is 27.3 Å². The van der Waals surface area contributed by atoms with Gasteiger partial charge in [0, 0.05) is 39.1 Å². The molecule has 0 radical (unpaired) electrons. The van der Waals surface area contributed by atoms with E-state index < -0.39 is 0 Å². The minimum absolute atomic E-state index is 0.519. The van der Waals surface area contributed by atoms with Crippen LogP contribution in [0.1, 0.15) is 12.1 Å². The van der Waals surface area contributed by atoms with E-state index in [1.807, 2.05) is 67.3 Å². The van der Waals surface area contributed by atoms with Gasteiger partial charge < -0.3 is 14.5 Å². The predicted octanol–water partition coefficient (Wildman–Crippen LogP) is 2.90. The van der Waals surface area contributed by atoms with Crippen molar-refractivity contribution in [3.05, 3.63) is 73.1 Å². The van der Waals surface area contributed by atoms with Crippen molar-refractivity contribution in [1.29, 1.82) is 0 Å². The van der Waals surface area contributed by atoms with Gasteiger partial charge in [0.25, 0.3) is 0 Å². The number of imidazole rings is 1. The smallest absolute Gasteiger partial charge is 0.187 e. The van der Waals surface area contributed by atoms with Crippen molar-refractivity contribution in [3.8, 4) is 11.5 Å². The fourth-order valence-corrected chi connectivity index (χ4v) is 2.42. The monoisotopic (exact) mass is 365 g/mol. The van der Waals surface area contributed by atoms with E-state index in [0.717, 1.165) is 12.2 Å². The maximum Gasteiger partial charge on any atom is 0.187 e. The lowest BCUT2D eigenvalue weighted by molar-refractivity contribution is 0.246. The molecule has 0 saturated carbocycles. The molecule has 27 heavy (non-hydrogen) atoms. The summed E-state index contributed by atoms with van der Waals surface area (Å²) in [5.74, 6) is 2.18. The molecule has 0 spiro atoms. The number of pyridine rings is 1. The SMILES string of the molecule is CN(C)N=C(c1ncccc1OCCCOc1ccccc1)n1ccnc1. The molecule has 2 aromatic heterocycles. The van der Waals surface area contributed by atoms with E-state index in [1.54, 1.807) is 23.7 Å². The zero-order valence-electron chi connectivity index (χ0n) is 15.5. The minimum atomic E-state index is 0.519. The molecule has 0 amide bonds. The van der Waals surface area contributed by atoms with Crippen LogP contribution >= 0.6 is 0 Å². The van der Waals surface area contributed by atoms with Gasteiger partial charge in [-0.1, -0.05) is 18.2 Å². The Balaban J connectivity index is 1.64. The number of hydrogen-bond donors (Lipinski definition) is 0. The number of rotatable bonds is 8. The van der Waals surface area contributed by atoms with Gasteiger partial charge in [-0.2, -0.15) is 5.10 Å². The summed E-state index contributed by atoms with van der Waals surface area (Å²) in [5, 5.41) is 6.26. The number of nitrogens with zero attached hydrogens (tertiary/aromatic N) is 5. The third kappa shape index (κ3) is 5.31. The van der Waals surface area contributed by atoms with Gasteiger partial charge in [-0.15, -0.1) is 0 Å². The van der Waals surface area contributed by atoms with Gasteiger partial charge in [0.15, 0.2) is 5.84 Å². The fourth-order valence-electron chi connectivity index (χ4n) is 2.42. The first-order chi connectivity index (χ1) is 13.2. The van der Waals surface area contributed by atoms with Crippen molar-refractivity contribution in [2.24, 2.45) is 5.10 Å². The number of hydrazone groups is 1. The van der Waals surface area contributed by atoms with E-state index in [1.165, 1.54) is 0 Å². The highest BCUT2D eigenvalue weighted by Crippen LogP contribution is 2.18. The minimum Gasteiger partial charge on any atom is -0.493 e. The molecule has 3 aromatic rings. The topological polar surface area (TPSA) is 64.8 Å². The van der Waals surface area contributed by atoms with E-state index in [4.69, 9.17) is 9.47 Å². The van der Waals surface area contributed by atoms with Crippen molar-refractivity contribution in [3.63, 3.8) is 0 Å². The van der Waals surface area contributed by atoms with Crippen LogP contribution in [0.25, 0.3) is 0 Å². The van der Waals surface area contributed by atoms with Crippen LogP contribution in [0.3, 0.4) is 0 Å². The summed E-state index contributed by atoms with van der Waals surface area (Å²) >= 11 is 0. The maximum atomic E-state index is 5.96. The Bertz CT molecular complexity index is 848. The largest absolute Gasteiger partial charge is 0.493 e. The number of ether oxygens (including phenoxy) is 2. The Kier molecular flexibility index (Phi) is 6.40. The second-order valence-electron chi connectivity index (χ2n) is 5.95. The van der Waals surface area contributed by atoms with Crippen LogP contribution in [0.2, 0.25) is 0 Å². The van der Waals surface area contributed by atoms with Crippen LogP contribution in [-0.2, 0) is 0 Å². The molecule has 0 aliphatic carbocycles. The van der Waals surface area contributed by atoms with E-state index >= 15 is 0 Å². The zero-order valence-corrected chi connectivity index (χ0v) is 15.5. The molecule has 140 valence electrons. The molecule has 0 aliphatic heterocycles. The van der Waals surface area contributed by atoms with Gasteiger partial charge >= 0.3 is 0 Å². The Morgan fingerprint density at radius 2 is 1.85 bits per heavy atom. The molecule has 7 nitrogen and oxygen atoms in total. The van der Waals surface area contributed by atoms with Crippen LogP contribution in [0.5, 0.6) is 11.5 Å². The lowest BCUT2D eigenvalue weighted by atomic mass is 10.3. The van der Waals surface area contributed by atoms with E-state index in [-0.39, 0.29) is 0 Å². The molecular formula is C20H23N5O2. The molecule has 2 heterocycles. The normalized spacial score (nSPS) is 11.3. The summed E-state index contributed by atoms with van der Waals surface area (Å²) in [7, 11) is 3.72. The Labute approximate surface area is 158 Å². The van der Waals surface area contributed by atoms with Gasteiger partial charge in [0.1, 0.15) is 23.5 Å². The molecule has 3 rings (SSSR count). The highest BCUT2D eigenvalue weighted by Gasteiger charge is 2.15. The van der Waals surface area contributed by atoms with Crippen LogP contribution in [0.4, 0.5) is 0 Å². The third-order valence-corrected chi connectivity index (χ3v) is 3.58. The Morgan fingerprint density at radius 1 is 1.04 bits per heavy atom. The lowest BCUT2D eigenvalue weighted by Gasteiger charge is -2.15. The molecule has 0 aliphatic rings. The Hall–Kier alpha value is -3.35. The summed E-state index contributed by atoms with van der Waals surface area (Å²) in [6.07, 6.45) is 7.70. The summed E-state index contributed by atoms with van der Waals surface area (Å²) in [4.78, 5) is 8.57. The predicted molar refractivity (Wildman–Crippen MR) is 104 cm³/mol. The van der Waals surface area contributed by atoms with Gasteiger partial charge in [0.2, 0.25) is 0 Å². The molecule has 7 heteroatoms. The van der Waals surface area contributed by atoms with E-state index in [9.17, 15) is 0 Å². The first kappa shape index (κ1) is 18.4. The number of hydrogen-bond acceptors (Lipinski definition) is 6. The van der Waals surface area contributed by atoms with E-state index in [2.05, 4.69) is 15.1 Å². The Morgan fingerprint density at radius 3 is 2.59 bits per heavy atom. The second kappa shape index (κ2) is 9.38. The van der Waals surface area contributed by atoms with Gasteiger partial charge in [-0.3, -0.25) is 4.57 Å². The van der Waals surface area contributed by atoms with Crippen LogP contribution in [0, 0.1) is 0 Å². The highest BCUT2D eigenvalue weighted by atomic mass is 16.5. The first-order valence-electron chi connectivity index (χ1n) is 8.74. The van der Waals surface area contributed by atoms with Crippen molar-refractivity contribution in [1.82, 2.24) is 19.5 Å². The molecule has 0 bridgehead atoms. The third-order valence-electron chi connectivity index (χ3n) is 3.58. The van der Waals surface area contributed by atoms with Crippen LogP contribution in [0.15, 0.2) is 72.5 Å². The average molecular weight is 365 g/mol. The van der Waals surface area contributed by atoms with Gasteiger partial charge in [-0.05, 0) is 24.3 Å². The molecule has 1 aromatic carbocycles. The fraction of sp³-hybridized carbons (Fsp3) is 0.250. The molecule has 0 saturated heterocycles. The summed E-state index contributed by atoms with van der Waals surface area (Å²) < 4.78 is 13.5. The van der Waals surface area contributed by atoms with Crippen LogP contribution < -0.4 is 9.47 Å². The molecule has 0 unspecified atom stereocenters. The second-order valence-corrected chi connectivity index (χ2v) is 5.95. The highest BCUT2D eigenvalue weighted by molar-refractivity contribution is 6.00. The maximum absolute atomic E-state index is 5.96. The van der Waals surface area contributed by atoms with Crippen molar-refractivity contribution in [2.45, 2.75) is 6.42 Å². The van der Waals surface area contributed by atoms with Crippen molar-refractivity contribution >= 4 is 5.84 Å².